The third-order valence-electron chi connectivity index (χ3n) is 3.44. The van der Waals surface area contributed by atoms with Crippen LogP contribution in [-0.4, -0.2) is 22.8 Å². The molecule has 96 valence electrons. The predicted octanol–water partition coefficient (Wildman–Crippen LogP) is 2.35. The number of aryl methyl sites for hydroxylation is 1. The van der Waals surface area contributed by atoms with Crippen molar-refractivity contribution in [1.82, 2.24) is 9.55 Å². The van der Waals surface area contributed by atoms with Gasteiger partial charge in [-0.2, -0.15) is 0 Å². The lowest BCUT2D eigenvalue weighted by Crippen LogP contribution is -2.10. The zero-order valence-corrected chi connectivity index (χ0v) is 10.7. The lowest BCUT2D eigenvalue weighted by molar-refractivity contribution is 0.118. The van der Waals surface area contributed by atoms with E-state index in [1.807, 2.05) is 4.57 Å². The van der Waals surface area contributed by atoms with Crippen molar-refractivity contribution in [2.75, 3.05) is 18.9 Å². The van der Waals surface area contributed by atoms with Crippen molar-refractivity contribution < 1.29 is 4.74 Å². The minimum atomic E-state index is 0.575. The van der Waals surface area contributed by atoms with E-state index in [0.717, 1.165) is 30.1 Å². The molecule has 4 heteroatoms. The molecule has 1 aromatic carbocycles. The zero-order valence-electron chi connectivity index (χ0n) is 10.7. The van der Waals surface area contributed by atoms with Gasteiger partial charge < -0.3 is 15.0 Å². The van der Waals surface area contributed by atoms with Crippen molar-refractivity contribution in [3.63, 3.8) is 0 Å². The highest BCUT2D eigenvalue weighted by Crippen LogP contribution is 2.28. The summed E-state index contributed by atoms with van der Waals surface area (Å²) >= 11 is 0. The number of imidazole rings is 1. The van der Waals surface area contributed by atoms with Gasteiger partial charge in [-0.25, -0.2) is 4.98 Å². The second-order valence-corrected chi connectivity index (χ2v) is 5.13. The van der Waals surface area contributed by atoms with Gasteiger partial charge in [0.25, 0.3) is 0 Å². The molecule has 1 aromatic heterocycles. The Hall–Kier alpha value is -1.55. The Labute approximate surface area is 107 Å². The van der Waals surface area contributed by atoms with E-state index in [1.165, 1.54) is 18.4 Å². The number of rotatable bonds is 5. The largest absolute Gasteiger partial charge is 0.379 e. The second kappa shape index (κ2) is 4.61. The van der Waals surface area contributed by atoms with Crippen LogP contribution in [0, 0.1) is 12.8 Å². The summed E-state index contributed by atoms with van der Waals surface area (Å²) in [5.74, 6) is 1.38. The topological polar surface area (TPSA) is 53.1 Å². The van der Waals surface area contributed by atoms with Gasteiger partial charge in [-0.05, 0) is 43.4 Å². The Bertz CT molecular complexity index is 557. The predicted molar refractivity (Wildman–Crippen MR) is 72.4 cm³/mol. The lowest BCUT2D eigenvalue weighted by Gasteiger charge is -2.07. The lowest BCUT2D eigenvalue weighted by atomic mass is 10.2. The molecule has 0 amide bonds. The summed E-state index contributed by atoms with van der Waals surface area (Å²) in [5.41, 5.74) is 9.22. The minimum Gasteiger partial charge on any atom is -0.379 e. The molecular formula is C14H19N3O. The van der Waals surface area contributed by atoms with Crippen LogP contribution in [0.5, 0.6) is 0 Å². The fourth-order valence-electron chi connectivity index (χ4n) is 2.18. The first-order chi connectivity index (χ1) is 8.74. The molecule has 1 aliphatic rings. The first-order valence-corrected chi connectivity index (χ1v) is 6.54. The minimum absolute atomic E-state index is 0.575. The van der Waals surface area contributed by atoms with Crippen molar-refractivity contribution >= 4 is 17.0 Å². The van der Waals surface area contributed by atoms with Gasteiger partial charge in [-0.3, -0.25) is 0 Å². The quantitative estimate of drug-likeness (QED) is 0.823. The van der Waals surface area contributed by atoms with Crippen LogP contribution in [-0.2, 0) is 11.3 Å². The van der Waals surface area contributed by atoms with Gasteiger partial charge in [0.1, 0.15) is 0 Å². The third-order valence-corrected chi connectivity index (χ3v) is 3.44. The van der Waals surface area contributed by atoms with E-state index in [1.54, 1.807) is 0 Å². The molecule has 0 radical (unpaired) electrons. The highest BCUT2D eigenvalue weighted by molar-refractivity contribution is 5.79. The highest BCUT2D eigenvalue weighted by atomic mass is 16.5. The smallest absolute Gasteiger partial charge is 0.201 e. The Morgan fingerprint density at radius 2 is 2.28 bits per heavy atom. The maximum atomic E-state index is 5.95. The third kappa shape index (κ3) is 2.34. The molecule has 1 aliphatic carbocycles. The molecule has 0 unspecified atom stereocenters. The Kier molecular flexibility index (Phi) is 2.96. The van der Waals surface area contributed by atoms with Crippen molar-refractivity contribution in [3.8, 4) is 0 Å². The van der Waals surface area contributed by atoms with E-state index < -0.39 is 0 Å². The number of ether oxygens (including phenoxy) is 1. The maximum absolute atomic E-state index is 5.95. The average Bonchev–Trinajstić information content (AvgIpc) is 3.10. The van der Waals surface area contributed by atoms with Crippen molar-refractivity contribution in [1.29, 1.82) is 0 Å². The fraction of sp³-hybridized carbons (Fsp3) is 0.500. The van der Waals surface area contributed by atoms with Crippen LogP contribution in [0.25, 0.3) is 11.0 Å². The van der Waals surface area contributed by atoms with Crippen LogP contribution in [0.2, 0.25) is 0 Å². The number of nitrogen functional groups attached to an aromatic ring is 1. The van der Waals surface area contributed by atoms with Gasteiger partial charge in [-0.15, -0.1) is 0 Å². The number of nitrogens with zero attached hydrogens (tertiary/aromatic N) is 2. The average molecular weight is 245 g/mol. The number of benzene rings is 1. The van der Waals surface area contributed by atoms with Crippen LogP contribution >= 0.6 is 0 Å². The molecule has 1 heterocycles. The van der Waals surface area contributed by atoms with Gasteiger partial charge in [-0.1, -0.05) is 6.07 Å². The molecule has 2 aromatic rings. The van der Waals surface area contributed by atoms with E-state index in [9.17, 15) is 0 Å². The van der Waals surface area contributed by atoms with Crippen LogP contribution in [0.1, 0.15) is 18.4 Å². The molecule has 0 saturated heterocycles. The molecule has 2 N–H and O–H groups in total. The molecular weight excluding hydrogens is 226 g/mol. The number of aromatic nitrogens is 2. The Morgan fingerprint density at radius 3 is 3.06 bits per heavy atom. The zero-order chi connectivity index (χ0) is 12.5. The fourth-order valence-corrected chi connectivity index (χ4v) is 2.18. The standard InChI is InChI=1S/C14H19N3O/c1-10-2-5-13-12(8-10)16-14(15)17(13)6-7-18-9-11-3-4-11/h2,5,8,11H,3-4,6-7,9H2,1H3,(H2,15,16). The summed E-state index contributed by atoms with van der Waals surface area (Å²) in [6, 6.07) is 6.23. The van der Waals surface area contributed by atoms with Crippen molar-refractivity contribution in [2.45, 2.75) is 26.3 Å². The van der Waals surface area contributed by atoms with Crippen LogP contribution in [0.15, 0.2) is 18.2 Å². The number of hydrogen-bond donors (Lipinski definition) is 1. The van der Waals surface area contributed by atoms with Crippen LogP contribution in [0.4, 0.5) is 5.95 Å². The van der Waals surface area contributed by atoms with Gasteiger partial charge in [0.2, 0.25) is 5.95 Å². The second-order valence-electron chi connectivity index (χ2n) is 5.13. The van der Waals surface area contributed by atoms with Crippen LogP contribution < -0.4 is 5.73 Å². The van der Waals surface area contributed by atoms with E-state index in [-0.39, 0.29) is 0 Å². The molecule has 18 heavy (non-hydrogen) atoms. The molecule has 1 saturated carbocycles. The molecule has 0 atom stereocenters. The number of nitrogens with two attached hydrogens (primary N) is 1. The normalized spacial score (nSPS) is 15.4. The molecule has 3 rings (SSSR count). The molecule has 0 bridgehead atoms. The molecule has 1 fully saturated rings. The summed E-state index contributed by atoms with van der Waals surface area (Å²) in [7, 11) is 0. The first-order valence-electron chi connectivity index (χ1n) is 6.54. The summed E-state index contributed by atoms with van der Waals surface area (Å²) in [4.78, 5) is 4.39. The Balaban J connectivity index is 1.71. The van der Waals surface area contributed by atoms with Crippen molar-refractivity contribution in [2.24, 2.45) is 5.92 Å². The molecule has 0 spiro atoms. The maximum Gasteiger partial charge on any atom is 0.201 e. The van der Waals surface area contributed by atoms with E-state index in [2.05, 4.69) is 30.1 Å². The van der Waals surface area contributed by atoms with E-state index >= 15 is 0 Å². The van der Waals surface area contributed by atoms with Crippen LogP contribution in [0.3, 0.4) is 0 Å². The highest BCUT2D eigenvalue weighted by Gasteiger charge is 2.21. The molecule has 0 aliphatic heterocycles. The summed E-state index contributed by atoms with van der Waals surface area (Å²) in [6.45, 7) is 4.44. The van der Waals surface area contributed by atoms with E-state index in [0.29, 0.717) is 12.6 Å². The van der Waals surface area contributed by atoms with Gasteiger partial charge >= 0.3 is 0 Å². The SMILES string of the molecule is Cc1ccc2c(c1)nc(N)n2CCOCC1CC1. The van der Waals surface area contributed by atoms with Crippen molar-refractivity contribution in [3.05, 3.63) is 23.8 Å². The van der Waals surface area contributed by atoms with Gasteiger partial charge in [0.15, 0.2) is 0 Å². The summed E-state index contributed by atoms with van der Waals surface area (Å²) in [6.07, 6.45) is 2.66. The number of hydrogen-bond acceptors (Lipinski definition) is 3. The summed E-state index contributed by atoms with van der Waals surface area (Å²) < 4.78 is 7.68. The molecule has 4 nitrogen and oxygen atoms in total. The van der Waals surface area contributed by atoms with Gasteiger partial charge in [0, 0.05) is 13.2 Å². The number of fused-ring (bicyclic) bond motifs is 1. The first kappa shape index (κ1) is 11.5. The summed E-state index contributed by atoms with van der Waals surface area (Å²) in [5, 5.41) is 0. The number of anilines is 1. The monoisotopic (exact) mass is 245 g/mol. The Morgan fingerprint density at radius 1 is 1.44 bits per heavy atom. The van der Waals surface area contributed by atoms with Gasteiger partial charge in [0.05, 0.1) is 17.6 Å². The van der Waals surface area contributed by atoms with E-state index in [4.69, 9.17) is 10.5 Å².